The molecule has 1 amide bonds. The van der Waals surface area contributed by atoms with Crippen LogP contribution < -0.4 is 10.1 Å². The molecule has 0 saturated carbocycles. The highest BCUT2D eigenvalue weighted by atomic mass is 32.1. The number of thiophene rings is 1. The predicted molar refractivity (Wildman–Crippen MR) is 107 cm³/mol. The normalized spacial score (nSPS) is 16.4. The lowest BCUT2D eigenvalue weighted by atomic mass is 10.1. The number of amides is 1. The fraction of sp³-hybridized carbons (Fsp3) is 0.476. The summed E-state index contributed by atoms with van der Waals surface area (Å²) in [5.41, 5.74) is 0.671. The third-order valence-corrected chi connectivity index (χ3v) is 5.62. The Labute approximate surface area is 160 Å². The maximum atomic E-state index is 12.6. The van der Waals surface area contributed by atoms with Gasteiger partial charge in [0.05, 0.1) is 12.1 Å². The number of rotatable bonds is 7. The third-order valence-electron chi connectivity index (χ3n) is 4.65. The molecule has 0 aliphatic carbocycles. The second-order valence-electron chi connectivity index (χ2n) is 7.03. The van der Waals surface area contributed by atoms with Gasteiger partial charge in [0.2, 0.25) is 0 Å². The molecule has 1 aromatic heterocycles. The van der Waals surface area contributed by atoms with Crippen molar-refractivity contribution in [2.75, 3.05) is 19.6 Å². The minimum absolute atomic E-state index is 0.0281. The molecule has 2 heterocycles. The van der Waals surface area contributed by atoms with Gasteiger partial charge < -0.3 is 10.1 Å². The maximum Gasteiger partial charge on any atom is 0.251 e. The van der Waals surface area contributed by atoms with Gasteiger partial charge in [-0.3, -0.25) is 9.69 Å². The minimum atomic E-state index is -0.0281. The van der Waals surface area contributed by atoms with E-state index < -0.39 is 0 Å². The summed E-state index contributed by atoms with van der Waals surface area (Å²) in [4.78, 5) is 16.4. The molecule has 1 aliphatic heterocycles. The number of carbonyl (C=O) groups is 1. The lowest BCUT2D eigenvalue weighted by molar-refractivity contribution is 0.0925. The molecule has 140 valence electrons. The molecule has 1 saturated heterocycles. The Balaban J connectivity index is 1.62. The summed E-state index contributed by atoms with van der Waals surface area (Å²) < 4.78 is 5.64. The molecule has 1 aliphatic rings. The van der Waals surface area contributed by atoms with E-state index in [-0.39, 0.29) is 18.1 Å². The Morgan fingerprint density at radius 3 is 2.50 bits per heavy atom. The molecule has 3 rings (SSSR count). The summed E-state index contributed by atoms with van der Waals surface area (Å²) in [6, 6.07) is 11.9. The molecular weight excluding hydrogens is 344 g/mol. The van der Waals surface area contributed by atoms with Crippen molar-refractivity contribution in [1.82, 2.24) is 10.2 Å². The Morgan fingerprint density at radius 2 is 1.88 bits per heavy atom. The number of nitrogens with one attached hydrogen (secondary N) is 1. The molecule has 0 unspecified atom stereocenters. The van der Waals surface area contributed by atoms with Crippen LogP contribution in [0, 0.1) is 0 Å². The van der Waals surface area contributed by atoms with Gasteiger partial charge in [-0.2, -0.15) is 0 Å². The second-order valence-corrected chi connectivity index (χ2v) is 8.01. The zero-order chi connectivity index (χ0) is 18.4. The first kappa shape index (κ1) is 18.9. The van der Waals surface area contributed by atoms with Crippen molar-refractivity contribution in [1.29, 1.82) is 0 Å². The highest BCUT2D eigenvalue weighted by molar-refractivity contribution is 7.10. The lowest BCUT2D eigenvalue weighted by Gasteiger charge is -2.34. The lowest BCUT2D eigenvalue weighted by Crippen LogP contribution is -2.40. The van der Waals surface area contributed by atoms with Crippen LogP contribution in [-0.2, 0) is 0 Å². The summed E-state index contributed by atoms with van der Waals surface area (Å²) in [6.45, 7) is 6.85. The first-order chi connectivity index (χ1) is 12.6. The molecular formula is C21H28N2O2S. The molecule has 0 bridgehead atoms. The molecule has 1 atom stereocenters. The van der Waals surface area contributed by atoms with E-state index in [2.05, 4.69) is 27.7 Å². The SMILES string of the molecule is CC(C)Oc1ccc(C(=O)NC[C@H](c2cccs2)N2CCCCC2)cc1. The van der Waals surface area contributed by atoms with Gasteiger partial charge in [-0.05, 0) is 75.5 Å². The van der Waals surface area contributed by atoms with Gasteiger partial charge in [0.1, 0.15) is 5.75 Å². The molecule has 4 nitrogen and oxygen atoms in total. The largest absolute Gasteiger partial charge is 0.491 e. The quantitative estimate of drug-likeness (QED) is 0.778. The number of likely N-dealkylation sites (tertiary alicyclic amines) is 1. The predicted octanol–water partition coefficient (Wildman–Crippen LogP) is 4.49. The van der Waals surface area contributed by atoms with Crippen LogP contribution in [-0.4, -0.2) is 36.5 Å². The average Bonchev–Trinajstić information content (AvgIpc) is 3.17. The van der Waals surface area contributed by atoms with Crippen molar-refractivity contribution in [2.45, 2.75) is 45.3 Å². The van der Waals surface area contributed by atoms with E-state index in [9.17, 15) is 4.79 Å². The van der Waals surface area contributed by atoms with Crippen LogP contribution in [0.15, 0.2) is 41.8 Å². The summed E-state index contributed by atoms with van der Waals surface area (Å²) in [5.74, 6) is 0.765. The van der Waals surface area contributed by atoms with Crippen LogP contribution in [0.3, 0.4) is 0 Å². The van der Waals surface area contributed by atoms with E-state index in [1.165, 1.54) is 24.1 Å². The van der Waals surface area contributed by atoms with Crippen LogP contribution >= 0.6 is 11.3 Å². The smallest absolute Gasteiger partial charge is 0.251 e. The molecule has 1 N–H and O–H groups in total. The highest BCUT2D eigenvalue weighted by Crippen LogP contribution is 2.27. The maximum absolute atomic E-state index is 12.6. The van der Waals surface area contributed by atoms with E-state index in [1.54, 1.807) is 11.3 Å². The van der Waals surface area contributed by atoms with Crippen molar-refractivity contribution in [3.8, 4) is 5.75 Å². The van der Waals surface area contributed by atoms with Gasteiger partial charge in [0.25, 0.3) is 5.91 Å². The minimum Gasteiger partial charge on any atom is -0.491 e. The van der Waals surface area contributed by atoms with E-state index in [0.717, 1.165) is 18.8 Å². The van der Waals surface area contributed by atoms with Gasteiger partial charge in [0.15, 0.2) is 0 Å². The Hall–Kier alpha value is -1.85. The van der Waals surface area contributed by atoms with Crippen LogP contribution in [0.2, 0.25) is 0 Å². The molecule has 5 heteroatoms. The summed E-state index contributed by atoms with van der Waals surface area (Å²) in [5, 5.41) is 5.24. The third kappa shape index (κ3) is 5.08. The Morgan fingerprint density at radius 1 is 1.15 bits per heavy atom. The van der Waals surface area contributed by atoms with Gasteiger partial charge in [-0.1, -0.05) is 12.5 Å². The molecule has 0 spiro atoms. The molecule has 26 heavy (non-hydrogen) atoms. The molecule has 1 aromatic carbocycles. The first-order valence-electron chi connectivity index (χ1n) is 9.46. The molecule has 1 fully saturated rings. The number of hydrogen-bond donors (Lipinski definition) is 1. The molecule has 2 aromatic rings. The van der Waals surface area contributed by atoms with Crippen LogP contribution in [0.1, 0.15) is 54.4 Å². The average molecular weight is 373 g/mol. The Kier molecular flexibility index (Phi) is 6.69. The van der Waals surface area contributed by atoms with Crippen molar-refractivity contribution in [3.63, 3.8) is 0 Å². The summed E-state index contributed by atoms with van der Waals surface area (Å²) in [6.07, 6.45) is 3.93. The summed E-state index contributed by atoms with van der Waals surface area (Å²) >= 11 is 1.77. The number of ether oxygens (including phenoxy) is 1. The van der Waals surface area contributed by atoms with Crippen molar-refractivity contribution in [3.05, 3.63) is 52.2 Å². The zero-order valence-corrected chi connectivity index (χ0v) is 16.4. The van der Waals surface area contributed by atoms with Crippen molar-refractivity contribution < 1.29 is 9.53 Å². The van der Waals surface area contributed by atoms with E-state index in [1.807, 2.05) is 38.1 Å². The number of piperidine rings is 1. The molecule has 0 radical (unpaired) electrons. The fourth-order valence-corrected chi connectivity index (χ4v) is 4.23. The van der Waals surface area contributed by atoms with E-state index in [0.29, 0.717) is 12.1 Å². The number of hydrogen-bond acceptors (Lipinski definition) is 4. The van der Waals surface area contributed by atoms with Crippen LogP contribution in [0.5, 0.6) is 5.75 Å². The van der Waals surface area contributed by atoms with Crippen molar-refractivity contribution in [2.24, 2.45) is 0 Å². The number of nitrogens with zero attached hydrogens (tertiary/aromatic N) is 1. The van der Waals surface area contributed by atoms with Crippen LogP contribution in [0.25, 0.3) is 0 Å². The fourth-order valence-electron chi connectivity index (χ4n) is 3.37. The first-order valence-corrected chi connectivity index (χ1v) is 10.3. The van der Waals surface area contributed by atoms with Gasteiger partial charge in [0, 0.05) is 17.0 Å². The zero-order valence-electron chi connectivity index (χ0n) is 15.6. The van der Waals surface area contributed by atoms with Gasteiger partial charge in [-0.15, -0.1) is 11.3 Å². The van der Waals surface area contributed by atoms with E-state index >= 15 is 0 Å². The van der Waals surface area contributed by atoms with E-state index in [4.69, 9.17) is 4.74 Å². The topological polar surface area (TPSA) is 41.6 Å². The number of carbonyl (C=O) groups excluding carboxylic acids is 1. The van der Waals surface area contributed by atoms with Crippen LogP contribution in [0.4, 0.5) is 0 Å². The van der Waals surface area contributed by atoms with Crippen molar-refractivity contribution >= 4 is 17.2 Å². The second kappa shape index (κ2) is 9.19. The van der Waals surface area contributed by atoms with Gasteiger partial charge in [-0.25, -0.2) is 0 Å². The summed E-state index contributed by atoms with van der Waals surface area (Å²) in [7, 11) is 0. The monoisotopic (exact) mass is 372 g/mol. The Bertz CT molecular complexity index is 677. The number of benzene rings is 1. The van der Waals surface area contributed by atoms with Gasteiger partial charge >= 0.3 is 0 Å². The highest BCUT2D eigenvalue weighted by Gasteiger charge is 2.23. The standard InChI is InChI=1S/C21H28N2O2S/c1-16(2)25-18-10-8-17(9-11-18)21(24)22-15-19(20-7-6-14-26-20)23-12-4-3-5-13-23/h6-11,14,16,19H,3-5,12-13,15H2,1-2H3,(H,22,24)/t19-/m1/s1.